The molecular weight excluding hydrogens is 617 g/mol. The Balaban J connectivity index is 0.00000241. The van der Waals surface area contributed by atoms with Crippen LogP contribution in [0.5, 0.6) is 11.5 Å². The van der Waals surface area contributed by atoms with Gasteiger partial charge in [-0.3, -0.25) is 0 Å². The maximum absolute atomic E-state index is 11.0. The molecule has 0 atom stereocenters. The first-order valence-electron chi connectivity index (χ1n) is 18.9. The van der Waals surface area contributed by atoms with Gasteiger partial charge in [0, 0.05) is 22.8 Å². The predicted molar refractivity (Wildman–Crippen MR) is 216 cm³/mol. The molecule has 3 aromatic rings. The number of carbonyl (C=O) groups is 1. The molecule has 0 aliphatic carbocycles. The third-order valence-corrected chi connectivity index (χ3v) is 7.51. The summed E-state index contributed by atoms with van der Waals surface area (Å²) in [6.45, 7) is 27.6. The normalized spacial score (nSPS) is 9.64. The molecule has 0 radical (unpaired) electrons. The second kappa shape index (κ2) is 29.7. The van der Waals surface area contributed by atoms with Gasteiger partial charge < -0.3 is 14.2 Å². The molecule has 4 heteroatoms. The molecule has 0 aliphatic heterocycles. The van der Waals surface area contributed by atoms with E-state index < -0.39 is 0 Å². The van der Waals surface area contributed by atoms with Crippen LogP contribution in [0.1, 0.15) is 135 Å². The van der Waals surface area contributed by atoms with E-state index in [9.17, 15) is 4.79 Å². The van der Waals surface area contributed by atoms with Crippen LogP contribution in [0.4, 0.5) is 0 Å². The van der Waals surface area contributed by atoms with Crippen LogP contribution in [0.15, 0.2) is 86.0 Å². The maximum atomic E-state index is 11.0. The molecule has 0 bridgehead atoms. The summed E-state index contributed by atoms with van der Waals surface area (Å²) in [5, 5.41) is 0. The average molecular weight is 683 g/mol. The molecular formula is C46H66O4. The molecule has 274 valence electrons. The van der Waals surface area contributed by atoms with Crippen LogP contribution in [-0.2, 0) is 22.4 Å². The minimum Gasteiger partial charge on any atom is -0.494 e. The van der Waals surface area contributed by atoms with Gasteiger partial charge in [0.1, 0.15) is 17.3 Å². The summed E-state index contributed by atoms with van der Waals surface area (Å²) in [7, 11) is 0. The molecule has 0 fully saturated rings. The van der Waals surface area contributed by atoms with E-state index in [0.717, 1.165) is 78.2 Å². The maximum Gasteiger partial charge on any atom is 0.330 e. The third kappa shape index (κ3) is 20.3. The average Bonchev–Trinajstić information content (AvgIpc) is 3.16. The fraction of sp³-hybridized carbons (Fsp3) is 0.457. The largest absolute Gasteiger partial charge is 0.494 e. The van der Waals surface area contributed by atoms with Crippen molar-refractivity contribution in [3.63, 3.8) is 0 Å². The van der Waals surface area contributed by atoms with Gasteiger partial charge in [-0.2, -0.15) is 0 Å². The Morgan fingerprint density at radius 1 is 0.780 bits per heavy atom. The summed E-state index contributed by atoms with van der Waals surface area (Å²) >= 11 is 0. The quantitative estimate of drug-likeness (QED) is 0.0467. The summed E-state index contributed by atoms with van der Waals surface area (Å²) < 4.78 is 17.0. The monoisotopic (exact) mass is 682 g/mol. The van der Waals surface area contributed by atoms with Gasteiger partial charge in [-0.25, -0.2) is 4.79 Å². The number of aryl methyl sites for hydroxylation is 2. The van der Waals surface area contributed by atoms with Crippen LogP contribution < -0.4 is 9.47 Å². The van der Waals surface area contributed by atoms with E-state index in [4.69, 9.17) is 14.2 Å². The van der Waals surface area contributed by atoms with Crippen LogP contribution in [0.3, 0.4) is 0 Å². The standard InChI is InChI=1S/C37H42O4.C5H12.2C2H6/c1-5-8-13-30-14-16-31(17-15-30)18-19-32-20-25-36(33(6-2)28-32)41-29(4)34-21-23-35(24-22-34)39-26-11-9-10-12-27-40-37(38)7-3;1-4-5(2)3;2*1-2/h7,14-17,20-25,28H,3-6,8-13,26-27H2,1-2H3;5H,4H2,1-3H3;2*1-2H3. The second-order valence-corrected chi connectivity index (χ2v) is 11.7. The van der Waals surface area contributed by atoms with Crippen molar-refractivity contribution in [3.8, 4) is 23.3 Å². The molecule has 0 aliphatic rings. The van der Waals surface area contributed by atoms with Crippen LogP contribution in [0.2, 0.25) is 0 Å². The Kier molecular flexibility index (Phi) is 27.2. The Morgan fingerprint density at radius 3 is 1.92 bits per heavy atom. The number of ether oxygens (including phenoxy) is 3. The smallest absolute Gasteiger partial charge is 0.330 e. The molecule has 0 unspecified atom stereocenters. The lowest BCUT2D eigenvalue weighted by atomic mass is 10.1. The molecule has 3 rings (SSSR count). The lowest BCUT2D eigenvalue weighted by Gasteiger charge is -2.13. The highest BCUT2D eigenvalue weighted by Gasteiger charge is 2.08. The summed E-state index contributed by atoms with van der Waals surface area (Å²) in [4.78, 5) is 11.0. The van der Waals surface area contributed by atoms with Gasteiger partial charge in [0.15, 0.2) is 0 Å². The van der Waals surface area contributed by atoms with Gasteiger partial charge in [-0.05, 0) is 117 Å². The van der Waals surface area contributed by atoms with Crippen LogP contribution in [0.25, 0.3) is 5.76 Å². The SMILES string of the molecule is C=CC(=O)OCCCCCCOc1ccc(C(=C)Oc2ccc(C#Cc3ccc(CCCC)cc3)cc2CC)cc1.CC.CC.CCC(C)C. The number of unbranched alkanes of at least 4 members (excludes halogenated alkanes) is 4. The second-order valence-electron chi connectivity index (χ2n) is 11.7. The fourth-order valence-corrected chi connectivity index (χ4v) is 4.22. The van der Waals surface area contributed by atoms with E-state index in [1.54, 1.807) is 0 Å². The summed E-state index contributed by atoms with van der Waals surface area (Å²) in [5.41, 5.74) is 5.34. The lowest BCUT2D eigenvalue weighted by Crippen LogP contribution is -2.02. The third-order valence-electron chi connectivity index (χ3n) is 7.51. The summed E-state index contributed by atoms with van der Waals surface area (Å²) in [5.74, 6) is 9.29. The first kappa shape index (κ1) is 45.8. The molecule has 0 saturated carbocycles. The van der Waals surface area contributed by atoms with Gasteiger partial charge in [-0.15, -0.1) is 0 Å². The predicted octanol–water partition coefficient (Wildman–Crippen LogP) is 12.8. The zero-order chi connectivity index (χ0) is 37.6. The topological polar surface area (TPSA) is 44.8 Å². The Bertz CT molecular complexity index is 1390. The Labute approximate surface area is 306 Å². The Morgan fingerprint density at radius 2 is 1.36 bits per heavy atom. The van der Waals surface area contributed by atoms with E-state index in [1.807, 2.05) is 64.1 Å². The van der Waals surface area contributed by atoms with Gasteiger partial charge >= 0.3 is 5.97 Å². The lowest BCUT2D eigenvalue weighted by molar-refractivity contribution is -0.137. The zero-order valence-corrected chi connectivity index (χ0v) is 32.8. The fourth-order valence-electron chi connectivity index (χ4n) is 4.22. The van der Waals surface area contributed by atoms with Crippen molar-refractivity contribution in [1.82, 2.24) is 0 Å². The van der Waals surface area contributed by atoms with Crippen LogP contribution in [0, 0.1) is 17.8 Å². The minimum atomic E-state index is -0.367. The number of benzene rings is 3. The molecule has 0 heterocycles. The zero-order valence-electron chi connectivity index (χ0n) is 32.8. The van der Waals surface area contributed by atoms with Crippen molar-refractivity contribution in [1.29, 1.82) is 0 Å². The van der Waals surface area contributed by atoms with Crippen molar-refractivity contribution in [2.45, 2.75) is 120 Å². The van der Waals surface area contributed by atoms with Crippen molar-refractivity contribution in [3.05, 3.63) is 114 Å². The number of hydrogen-bond acceptors (Lipinski definition) is 4. The van der Waals surface area contributed by atoms with Crippen LogP contribution >= 0.6 is 0 Å². The molecule has 0 saturated heterocycles. The van der Waals surface area contributed by atoms with Gasteiger partial charge in [0.05, 0.1) is 13.2 Å². The minimum absolute atomic E-state index is 0.367. The highest BCUT2D eigenvalue weighted by Crippen LogP contribution is 2.27. The number of esters is 1. The molecule has 3 aromatic carbocycles. The van der Waals surface area contributed by atoms with Gasteiger partial charge in [0.2, 0.25) is 0 Å². The van der Waals surface area contributed by atoms with Gasteiger partial charge in [-0.1, -0.05) is 112 Å². The molecule has 0 spiro atoms. The van der Waals surface area contributed by atoms with Crippen molar-refractivity contribution in [2.24, 2.45) is 5.92 Å². The van der Waals surface area contributed by atoms with Crippen LogP contribution in [-0.4, -0.2) is 19.2 Å². The molecule has 0 N–H and O–H groups in total. The molecule has 4 nitrogen and oxygen atoms in total. The van der Waals surface area contributed by atoms with Gasteiger partial charge in [0.25, 0.3) is 0 Å². The highest BCUT2D eigenvalue weighted by atomic mass is 16.5. The molecule has 0 aromatic heterocycles. The van der Waals surface area contributed by atoms with Crippen molar-refractivity contribution in [2.75, 3.05) is 13.2 Å². The number of rotatable bonds is 17. The van der Waals surface area contributed by atoms with Crippen molar-refractivity contribution < 1.29 is 19.0 Å². The Hall–Kier alpha value is -4.23. The summed E-state index contributed by atoms with van der Waals surface area (Å²) in [6.07, 6.45) is 10.7. The first-order valence-corrected chi connectivity index (χ1v) is 18.9. The molecule has 50 heavy (non-hydrogen) atoms. The van der Waals surface area contributed by atoms with E-state index in [-0.39, 0.29) is 5.97 Å². The number of hydrogen-bond donors (Lipinski definition) is 0. The van der Waals surface area contributed by atoms with E-state index in [1.165, 1.54) is 30.9 Å². The first-order chi connectivity index (χ1) is 24.3. The highest BCUT2D eigenvalue weighted by molar-refractivity contribution is 5.81. The van der Waals surface area contributed by atoms with E-state index in [0.29, 0.717) is 19.0 Å². The van der Waals surface area contributed by atoms with E-state index >= 15 is 0 Å². The molecule has 0 amide bonds. The summed E-state index contributed by atoms with van der Waals surface area (Å²) in [6, 6.07) is 22.4. The van der Waals surface area contributed by atoms with Crippen molar-refractivity contribution >= 4 is 11.7 Å². The van der Waals surface area contributed by atoms with E-state index in [2.05, 4.69) is 89.9 Å². The number of carbonyl (C=O) groups excluding carboxylic acids is 1.